The van der Waals surface area contributed by atoms with Crippen molar-refractivity contribution >= 4 is 35.5 Å². The third-order valence-corrected chi connectivity index (χ3v) is 6.78. The Hall–Kier alpha value is -3.13. The number of thioether (sulfide) groups is 1. The van der Waals surface area contributed by atoms with E-state index in [1.54, 1.807) is 74.1 Å². The molecule has 3 amide bonds. The summed E-state index contributed by atoms with van der Waals surface area (Å²) in [5.74, 6) is -1.06. The van der Waals surface area contributed by atoms with E-state index < -0.39 is 29.9 Å². The smallest absolute Gasteiger partial charge is 0.330 e. The van der Waals surface area contributed by atoms with E-state index in [1.807, 2.05) is 6.07 Å². The average molecular weight is 453 g/mol. The van der Waals surface area contributed by atoms with Crippen LogP contribution in [0, 0.1) is 5.92 Å². The summed E-state index contributed by atoms with van der Waals surface area (Å²) in [6, 6.07) is 14.0. The van der Waals surface area contributed by atoms with Crippen LogP contribution in [0.2, 0.25) is 0 Å². The first-order valence-electron chi connectivity index (χ1n) is 10.5. The van der Waals surface area contributed by atoms with Gasteiger partial charge in [0.1, 0.15) is 12.1 Å². The Kier molecular flexibility index (Phi) is 6.32. The van der Waals surface area contributed by atoms with E-state index in [0.717, 1.165) is 4.90 Å². The van der Waals surface area contributed by atoms with Gasteiger partial charge in [0.15, 0.2) is 0 Å². The number of fused-ring (bicyclic) bond motifs is 1. The van der Waals surface area contributed by atoms with Gasteiger partial charge in [-0.15, -0.1) is 0 Å². The highest BCUT2D eigenvalue weighted by atomic mass is 32.2. The lowest BCUT2D eigenvalue weighted by Gasteiger charge is -2.30. The van der Waals surface area contributed by atoms with Crippen molar-refractivity contribution in [1.82, 2.24) is 10.2 Å². The third kappa shape index (κ3) is 4.14. The topological polar surface area (TPSA) is 92.8 Å². The maximum Gasteiger partial charge on any atom is 0.330 e. The van der Waals surface area contributed by atoms with Gasteiger partial charge < -0.3 is 10.1 Å². The van der Waals surface area contributed by atoms with E-state index in [9.17, 15) is 19.2 Å². The zero-order chi connectivity index (χ0) is 22.8. The SMILES string of the molecule is CC(C)C(C(=O)OC1CSCC1NC(=O)c1ccccc1)N1C(=O)c2ccccc2C1=O. The van der Waals surface area contributed by atoms with Crippen molar-refractivity contribution in [2.24, 2.45) is 5.92 Å². The van der Waals surface area contributed by atoms with Gasteiger partial charge >= 0.3 is 5.97 Å². The molecule has 2 aromatic carbocycles. The molecular formula is C24H24N2O5S. The molecule has 4 rings (SSSR count). The Balaban J connectivity index is 1.48. The fourth-order valence-electron chi connectivity index (χ4n) is 3.98. The van der Waals surface area contributed by atoms with Crippen LogP contribution in [0.5, 0.6) is 0 Å². The zero-order valence-corrected chi connectivity index (χ0v) is 18.6. The number of benzene rings is 2. The molecule has 2 aliphatic heterocycles. The summed E-state index contributed by atoms with van der Waals surface area (Å²) in [4.78, 5) is 52.5. The highest BCUT2D eigenvalue weighted by Gasteiger charge is 2.46. The molecule has 1 saturated heterocycles. The maximum absolute atomic E-state index is 13.2. The lowest BCUT2D eigenvalue weighted by molar-refractivity contribution is -0.155. The monoisotopic (exact) mass is 452 g/mol. The molecule has 1 N–H and O–H groups in total. The van der Waals surface area contributed by atoms with Crippen molar-refractivity contribution in [2.75, 3.05) is 11.5 Å². The minimum absolute atomic E-state index is 0.236. The lowest BCUT2D eigenvalue weighted by atomic mass is 10.0. The summed E-state index contributed by atoms with van der Waals surface area (Å²) < 4.78 is 5.77. The normalized spacial score (nSPS) is 20.9. The van der Waals surface area contributed by atoms with Crippen LogP contribution in [0.4, 0.5) is 0 Å². The van der Waals surface area contributed by atoms with Gasteiger partial charge in [0.05, 0.1) is 17.2 Å². The number of hydrogen-bond donors (Lipinski definition) is 1. The number of rotatable bonds is 6. The Morgan fingerprint density at radius 3 is 2.16 bits per heavy atom. The molecule has 2 aliphatic rings. The second-order valence-electron chi connectivity index (χ2n) is 8.17. The summed E-state index contributed by atoms with van der Waals surface area (Å²) in [5, 5.41) is 2.94. The Morgan fingerprint density at radius 2 is 1.56 bits per heavy atom. The number of imide groups is 1. The summed E-state index contributed by atoms with van der Waals surface area (Å²) >= 11 is 1.57. The molecule has 0 saturated carbocycles. The molecule has 2 heterocycles. The summed E-state index contributed by atoms with van der Waals surface area (Å²) in [6.45, 7) is 3.54. The van der Waals surface area contributed by atoms with E-state index >= 15 is 0 Å². The van der Waals surface area contributed by atoms with Crippen LogP contribution in [0.25, 0.3) is 0 Å². The third-order valence-electron chi connectivity index (χ3n) is 5.62. The van der Waals surface area contributed by atoms with Gasteiger partial charge in [0.2, 0.25) is 0 Å². The predicted octanol–water partition coefficient (Wildman–Crippen LogP) is 2.76. The van der Waals surface area contributed by atoms with Crippen molar-refractivity contribution in [3.8, 4) is 0 Å². The van der Waals surface area contributed by atoms with Gasteiger partial charge in [-0.25, -0.2) is 4.79 Å². The molecule has 166 valence electrons. The quantitative estimate of drug-likeness (QED) is 0.535. The van der Waals surface area contributed by atoms with E-state index in [0.29, 0.717) is 28.2 Å². The number of amides is 3. The summed E-state index contributed by atoms with van der Waals surface area (Å²) in [5.41, 5.74) is 1.11. The molecule has 8 heteroatoms. The first kappa shape index (κ1) is 22.1. The van der Waals surface area contributed by atoms with Crippen molar-refractivity contribution in [2.45, 2.75) is 32.0 Å². The number of carbonyl (C=O) groups excluding carboxylic acids is 4. The minimum Gasteiger partial charge on any atom is -0.458 e. The highest BCUT2D eigenvalue weighted by Crippen LogP contribution is 2.29. The molecule has 7 nitrogen and oxygen atoms in total. The molecule has 3 atom stereocenters. The van der Waals surface area contributed by atoms with Crippen LogP contribution < -0.4 is 5.32 Å². The van der Waals surface area contributed by atoms with Gasteiger partial charge in [-0.1, -0.05) is 44.2 Å². The van der Waals surface area contributed by atoms with Gasteiger partial charge in [-0.2, -0.15) is 11.8 Å². The Bertz CT molecular complexity index is 1020. The number of esters is 1. The molecular weight excluding hydrogens is 428 g/mol. The van der Waals surface area contributed by atoms with Gasteiger partial charge in [-0.3, -0.25) is 19.3 Å². The molecule has 0 aliphatic carbocycles. The molecule has 0 radical (unpaired) electrons. The predicted molar refractivity (Wildman–Crippen MR) is 120 cm³/mol. The number of nitrogens with one attached hydrogen (secondary N) is 1. The maximum atomic E-state index is 13.2. The summed E-state index contributed by atoms with van der Waals surface area (Å²) in [6.07, 6.45) is -0.545. The first-order chi connectivity index (χ1) is 15.4. The van der Waals surface area contributed by atoms with Crippen LogP contribution >= 0.6 is 11.8 Å². The second kappa shape index (κ2) is 9.16. The van der Waals surface area contributed by atoms with Gasteiger partial charge in [0, 0.05) is 17.1 Å². The fourth-order valence-corrected chi connectivity index (χ4v) is 5.20. The first-order valence-corrected chi connectivity index (χ1v) is 11.6. The molecule has 3 unspecified atom stereocenters. The van der Waals surface area contributed by atoms with Gasteiger partial charge in [0.25, 0.3) is 17.7 Å². The lowest BCUT2D eigenvalue weighted by Crippen LogP contribution is -2.51. The van der Waals surface area contributed by atoms with Crippen molar-refractivity contribution in [3.05, 3.63) is 71.3 Å². The minimum atomic E-state index is -1.04. The zero-order valence-electron chi connectivity index (χ0n) is 17.8. The molecule has 0 aromatic heterocycles. The second-order valence-corrected chi connectivity index (χ2v) is 9.25. The molecule has 1 fully saturated rings. The molecule has 32 heavy (non-hydrogen) atoms. The van der Waals surface area contributed by atoms with Crippen LogP contribution in [0.1, 0.15) is 44.9 Å². The number of nitrogens with zero attached hydrogens (tertiary/aromatic N) is 1. The van der Waals surface area contributed by atoms with Crippen molar-refractivity contribution in [3.63, 3.8) is 0 Å². The van der Waals surface area contributed by atoms with Gasteiger partial charge in [-0.05, 0) is 30.2 Å². The van der Waals surface area contributed by atoms with E-state index in [1.165, 1.54) is 0 Å². The standard InChI is InChI=1S/C24H24N2O5S/c1-14(2)20(26-22(28)16-10-6-7-11-17(16)23(26)29)24(30)31-19-13-32-12-18(19)25-21(27)15-8-4-3-5-9-15/h3-11,14,18-20H,12-13H2,1-2H3,(H,25,27). The number of hydrogen-bond acceptors (Lipinski definition) is 6. The van der Waals surface area contributed by atoms with Crippen molar-refractivity contribution < 1.29 is 23.9 Å². The molecule has 0 bridgehead atoms. The highest BCUT2D eigenvalue weighted by molar-refractivity contribution is 7.99. The van der Waals surface area contributed by atoms with Crippen LogP contribution in [0.15, 0.2) is 54.6 Å². The summed E-state index contributed by atoms with van der Waals surface area (Å²) in [7, 11) is 0. The van der Waals surface area contributed by atoms with E-state index in [-0.39, 0.29) is 17.9 Å². The van der Waals surface area contributed by atoms with Crippen LogP contribution in [-0.2, 0) is 9.53 Å². The number of carbonyl (C=O) groups is 4. The molecule has 0 spiro atoms. The van der Waals surface area contributed by atoms with E-state index in [4.69, 9.17) is 4.74 Å². The van der Waals surface area contributed by atoms with Crippen LogP contribution in [0.3, 0.4) is 0 Å². The molecule has 2 aromatic rings. The fraction of sp³-hybridized carbons (Fsp3) is 0.333. The largest absolute Gasteiger partial charge is 0.458 e. The van der Waals surface area contributed by atoms with Crippen LogP contribution in [-0.4, -0.2) is 58.3 Å². The average Bonchev–Trinajstić information content (AvgIpc) is 3.32. The Labute approximate surface area is 190 Å². The number of ether oxygens (including phenoxy) is 1. The Morgan fingerprint density at radius 1 is 0.969 bits per heavy atom. The van der Waals surface area contributed by atoms with E-state index in [2.05, 4.69) is 5.32 Å². The van der Waals surface area contributed by atoms with Crippen molar-refractivity contribution in [1.29, 1.82) is 0 Å².